The van der Waals surface area contributed by atoms with Crippen molar-refractivity contribution in [3.63, 3.8) is 0 Å². The van der Waals surface area contributed by atoms with E-state index in [1.165, 1.54) is 12.1 Å². The number of amides is 2. The number of aromatic hydroxyl groups is 1. The standard InChI is InChI=1S/C21H27AsN5O6/c1-2-3-7-26-21(32)27-16(19(30)31)13-22-18(29)15-6-5-14(12-17(15)28)33-11-10-25-20-23-8-4-9-24-20/h4-6,8-9,12,16,28H,2-3,7,10-11,13H2,1H3,(H,30,31)(H,23,24,25)(H2,26,27,32)/t16-/m1/s1. The van der Waals surface area contributed by atoms with Gasteiger partial charge in [0.2, 0.25) is 0 Å². The summed E-state index contributed by atoms with van der Waals surface area (Å²) in [6.07, 6.45) is 4.91. The number of hydrogen-bond acceptors (Lipinski definition) is 8. The second kappa shape index (κ2) is 13.9. The molecule has 12 heteroatoms. The molecule has 0 saturated carbocycles. The molecule has 0 bridgehead atoms. The Morgan fingerprint density at radius 2 is 1.94 bits per heavy atom. The molecule has 1 radical (unpaired) electrons. The molecule has 177 valence electrons. The molecule has 0 aliphatic carbocycles. The van der Waals surface area contributed by atoms with E-state index in [4.69, 9.17) is 4.74 Å². The molecule has 0 spiro atoms. The molecule has 2 amide bonds. The van der Waals surface area contributed by atoms with Crippen LogP contribution in [0.3, 0.4) is 0 Å². The van der Waals surface area contributed by atoms with Crippen LogP contribution in [0.15, 0.2) is 36.7 Å². The number of benzene rings is 1. The molecule has 1 aromatic heterocycles. The van der Waals surface area contributed by atoms with Gasteiger partial charge in [-0.25, -0.2) is 0 Å². The van der Waals surface area contributed by atoms with Gasteiger partial charge in [-0.15, -0.1) is 0 Å². The van der Waals surface area contributed by atoms with Crippen LogP contribution in [0.25, 0.3) is 0 Å². The number of unbranched alkanes of at least 4 members (excludes halogenated alkanes) is 1. The van der Waals surface area contributed by atoms with Crippen molar-refractivity contribution in [2.24, 2.45) is 0 Å². The zero-order chi connectivity index (χ0) is 24.1. The van der Waals surface area contributed by atoms with Crippen LogP contribution >= 0.6 is 0 Å². The van der Waals surface area contributed by atoms with Gasteiger partial charge in [0, 0.05) is 0 Å². The molecule has 33 heavy (non-hydrogen) atoms. The molecular weight excluding hydrogens is 493 g/mol. The summed E-state index contributed by atoms with van der Waals surface area (Å²) >= 11 is -1.13. The predicted molar refractivity (Wildman–Crippen MR) is 122 cm³/mol. The normalized spacial score (nSPS) is 11.7. The first-order valence-electron chi connectivity index (χ1n) is 10.4. The number of carboxylic acids is 1. The van der Waals surface area contributed by atoms with Gasteiger partial charge in [0.25, 0.3) is 0 Å². The van der Waals surface area contributed by atoms with E-state index in [1.807, 2.05) is 6.92 Å². The SMILES string of the molecule is CCCCNC(=O)N[C@H](C[As]C(=O)c1ccc(OCCNc2ncccn2)cc1O)C(=O)O. The first-order valence-corrected chi connectivity index (χ1v) is 12.6. The number of hydrogen-bond donors (Lipinski definition) is 5. The second-order valence-electron chi connectivity index (χ2n) is 6.82. The van der Waals surface area contributed by atoms with E-state index in [1.54, 1.807) is 24.5 Å². The van der Waals surface area contributed by atoms with Crippen LogP contribution in [0.2, 0.25) is 5.21 Å². The third kappa shape index (κ3) is 9.36. The van der Waals surface area contributed by atoms with Crippen LogP contribution in [-0.2, 0) is 4.79 Å². The Hall–Kier alpha value is -3.33. The van der Waals surface area contributed by atoms with Crippen molar-refractivity contribution in [1.82, 2.24) is 20.6 Å². The number of anilines is 1. The molecule has 2 rings (SSSR count). The van der Waals surface area contributed by atoms with Gasteiger partial charge in [-0.05, 0) is 6.07 Å². The van der Waals surface area contributed by atoms with E-state index < -0.39 is 33.8 Å². The number of carbonyl (C=O) groups is 3. The van der Waals surface area contributed by atoms with Crippen LogP contribution in [-0.4, -0.2) is 78.2 Å². The van der Waals surface area contributed by atoms with Crippen molar-refractivity contribution in [1.29, 1.82) is 0 Å². The predicted octanol–water partition coefficient (Wildman–Crippen LogP) is 1.49. The van der Waals surface area contributed by atoms with Crippen molar-refractivity contribution >= 4 is 38.3 Å². The summed E-state index contributed by atoms with van der Waals surface area (Å²) in [7, 11) is 0. The topological polar surface area (TPSA) is 163 Å². The maximum absolute atomic E-state index is 12.5. The molecule has 0 aliphatic rings. The molecule has 11 nitrogen and oxygen atoms in total. The minimum atomic E-state index is -1.22. The van der Waals surface area contributed by atoms with E-state index >= 15 is 0 Å². The Morgan fingerprint density at radius 1 is 1.18 bits per heavy atom. The minimum absolute atomic E-state index is 0.0171. The number of carbonyl (C=O) groups excluding carboxylic acids is 2. The molecule has 2 aromatic rings. The van der Waals surface area contributed by atoms with Crippen LogP contribution < -0.4 is 20.7 Å². The number of aliphatic carboxylic acids is 1. The van der Waals surface area contributed by atoms with E-state index in [-0.39, 0.29) is 27.7 Å². The second-order valence-corrected chi connectivity index (χ2v) is 9.10. The molecule has 1 atom stereocenters. The number of phenolic OH excluding ortho intramolecular Hbond substituents is 1. The van der Waals surface area contributed by atoms with Gasteiger partial charge in [0.1, 0.15) is 0 Å². The average Bonchev–Trinajstić information content (AvgIpc) is 2.80. The number of carboxylic acid groups (broad SMARTS) is 1. The van der Waals surface area contributed by atoms with Gasteiger partial charge in [0.15, 0.2) is 0 Å². The fourth-order valence-corrected chi connectivity index (χ4v) is 4.54. The molecule has 5 N–H and O–H groups in total. The van der Waals surface area contributed by atoms with E-state index in [0.29, 0.717) is 24.8 Å². The van der Waals surface area contributed by atoms with Gasteiger partial charge in [0.05, 0.1) is 0 Å². The van der Waals surface area contributed by atoms with E-state index in [2.05, 4.69) is 25.9 Å². The first kappa shape index (κ1) is 25.9. The number of ether oxygens (including phenoxy) is 1. The zero-order valence-corrected chi connectivity index (χ0v) is 20.0. The summed E-state index contributed by atoms with van der Waals surface area (Å²) in [5, 5.41) is 27.5. The van der Waals surface area contributed by atoms with Crippen molar-refractivity contribution in [3.05, 3.63) is 42.2 Å². The van der Waals surface area contributed by atoms with Gasteiger partial charge in [-0.1, -0.05) is 0 Å². The maximum atomic E-state index is 12.5. The Labute approximate surface area is 198 Å². The van der Waals surface area contributed by atoms with Crippen molar-refractivity contribution in [2.45, 2.75) is 31.0 Å². The van der Waals surface area contributed by atoms with Crippen molar-refractivity contribution in [3.8, 4) is 11.5 Å². The van der Waals surface area contributed by atoms with Gasteiger partial charge >= 0.3 is 192 Å². The fourth-order valence-electron chi connectivity index (χ4n) is 2.54. The molecule has 0 aliphatic heterocycles. The van der Waals surface area contributed by atoms with Crippen LogP contribution in [0.5, 0.6) is 11.5 Å². The number of nitrogens with one attached hydrogen (secondary N) is 3. The number of phenols is 1. The number of urea groups is 1. The Balaban J connectivity index is 1.81. The molecule has 0 saturated heterocycles. The van der Waals surface area contributed by atoms with E-state index in [0.717, 1.165) is 12.8 Å². The zero-order valence-electron chi connectivity index (χ0n) is 18.2. The number of rotatable bonds is 14. The summed E-state index contributed by atoms with van der Waals surface area (Å²) in [5.41, 5.74) is 0.0923. The molecule has 1 aromatic carbocycles. The average molecular weight is 520 g/mol. The Bertz CT molecular complexity index is 931. The molecule has 1 heterocycles. The van der Waals surface area contributed by atoms with Crippen molar-refractivity contribution < 1.29 is 29.3 Å². The van der Waals surface area contributed by atoms with Gasteiger partial charge < -0.3 is 0 Å². The molecule has 0 unspecified atom stereocenters. The molecule has 0 fully saturated rings. The summed E-state index contributed by atoms with van der Waals surface area (Å²) in [6.45, 7) is 3.14. The number of nitrogens with zero attached hydrogens (tertiary/aromatic N) is 2. The van der Waals surface area contributed by atoms with Crippen LogP contribution in [0, 0.1) is 0 Å². The van der Waals surface area contributed by atoms with Gasteiger partial charge in [-0.2, -0.15) is 0 Å². The quantitative estimate of drug-likeness (QED) is 0.183. The summed E-state index contributed by atoms with van der Waals surface area (Å²) < 4.78 is 5.19. The third-order valence-corrected chi connectivity index (χ3v) is 6.51. The monoisotopic (exact) mass is 520 g/mol. The van der Waals surface area contributed by atoms with Crippen LogP contribution in [0.4, 0.5) is 10.7 Å². The Morgan fingerprint density at radius 3 is 2.61 bits per heavy atom. The van der Waals surface area contributed by atoms with E-state index in [9.17, 15) is 24.6 Å². The third-order valence-electron chi connectivity index (χ3n) is 4.26. The van der Waals surface area contributed by atoms with Crippen LogP contribution in [0.1, 0.15) is 30.1 Å². The van der Waals surface area contributed by atoms with Crippen molar-refractivity contribution in [2.75, 3.05) is 25.0 Å². The number of aromatic nitrogens is 2. The summed E-state index contributed by atoms with van der Waals surface area (Å²) in [6, 6.07) is 4.28. The molecular formula is C21H27AsN5O6. The first-order chi connectivity index (χ1) is 15.9. The van der Waals surface area contributed by atoms with Gasteiger partial charge in [-0.3, -0.25) is 0 Å². The summed E-state index contributed by atoms with van der Waals surface area (Å²) in [4.78, 5) is 43.8. The fraction of sp³-hybridized carbons (Fsp3) is 0.381. The Kier molecular flexibility index (Phi) is 11.0. The summed E-state index contributed by atoms with van der Waals surface area (Å²) in [5.74, 6) is -0.610.